The molecule has 0 atom stereocenters. The minimum atomic E-state index is 0.329. The van der Waals surface area contributed by atoms with E-state index in [-0.39, 0.29) is 0 Å². The van der Waals surface area contributed by atoms with Crippen LogP contribution in [0.25, 0.3) is 0 Å². The summed E-state index contributed by atoms with van der Waals surface area (Å²) in [5.74, 6) is 1.40. The molecule has 0 spiro atoms. The fraction of sp³-hybridized carbons (Fsp3) is 0.182. The molecule has 5 nitrogen and oxygen atoms in total. The number of aldehydes is 1. The number of hydrogen-bond acceptors (Lipinski definition) is 4. The van der Waals surface area contributed by atoms with Crippen LogP contribution in [0.1, 0.15) is 16.2 Å². The van der Waals surface area contributed by atoms with Gasteiger partial charge < -0.3 is 4.74 Å². The zero-order valence-electron chi connectivity index (χ0n) is 9.13. The molecule has 6 heteroatoms. The van der Waals surface area contributed by atoms with Crippen molar-refractivity contribution in [1.82, 2.24) is 14.8 Å². The summed E-state index contributed by atoms with van der Waals surface area (Å²) in [6, 6.07) is 5.15. The Kier molecular flexibility index (Phi) is 3.53. The van der Waals surface area contributed by atoms with Crippen LogP contribution in [0.15, 0.2) is 29.0 Å². The van der Waals surface area contributed by atoms with Crippen molar-refractivity contribution in [3.63, 3.8) is 0 Å². The van der Waals surface area contributed by atoms with Gasteiger partial charge in [0.1, 0.15) is 25.0 Å². The van der Waals surface area contributed by atoms with E-state index in [0.29, 0.717) is 17.9 Å². The van der Waals surface area contributed by atoms with Gasteiger partial charge in [0.05, 0.1) is 4.47 Å². The van der Waals surface area contributed by atoms with E-state index in [4.69, 9.17) is 4.74 Å². The van der Waals surface area contributed by atoms with Crippen LogP contribution in [0, 0.1) is 0 Å². The molecule has 0 bridgehead atoms. The fourth-order valence-corrected chi connectivity index (χ4v) is 1.81. The third kappa shape index (κ3) is 2.71. The minimum absolute atomic E-state index is 0.329. The highest BCUT2D eigenvalue weighted by atomic mass is 79.9. The SMILES string of the molecule is Cn1ncnc1COc1ccc(C=O)cc1Br. The zero-order chi connectivity index (χ0) is 12.3. The zero-order valence-corrected chi connectivity index (χ0v) is 10.7. The second-order valence-electron chi connectivity index (χ2n) is 3.40. The van der Waals surface area contributed by atoms with Crippen LogP contribution in [0.4, 0.5) is 0 Å². The molecule has 0 N–H and O–H groups in total. The second-order valence-corrected chi connectivity index (χ2v) is 4.25. The Morgan fingerprint density at radius 3 is 2.94 bits per heavy atom. The van der Waals surface area contributed by atoms with Gasteiger partial charge in [0.15, 0.2) is 5.82 Å². The van der Waals surface area contributed by atoms with Crippen LogP contribution >= 0.6 is 15.9 Å². The number of halogens is 1. The van der Waals surface area contributed by atoms with Gasteiger partial charge in [-0.05, 0) is 34.1 Å². The van der Waals surface area contributed by atoms with Crippen molar-refractivity contribution in [1.29, 1.82) is 0 Å². The molecule has 2 aromatic rings. The number of aryl methyl sites for hydroxylation is 1. The first-order valence-electron chi connectivity index (χ1n) is 4.91. The maximum absolute atomic E-state index is 10.6. The van der Waals surface area contributed by atoms with Crippen LogP contribution in [0.5, 0.6) is 5.75 Å². The van der Waals surface area contributed by atoms with Crippen molar-refractivity contribution in [2.45, 2.75) is 6.61 Å². The number of aromatic nitrogens is 3. The molecule has 0 aliphatic heterocycles. The Labute approximate surface area is 107 Å². The van der Waals surface area contributed by atoms with E-state index in [0.717, 1.165) is 16.6 Å². The highest BCUT2D eigenvalue weighted by Gasteiger charge is 2.05. The predicted molar refractivity (Wildman–Crippen MR) is 64.9 cm³/mol. The average Bonchev–Trinajstić information content (AvgIpc) is 2.73. The van der Waals surface area contributed by atoms with Gasteiger partial charge in [-0.2, -0.15) is 5.10 Å². The minimum Gasteiger partial charge on any atom is -0.484 e. The normalized spacial score (nSPS) is 10.2. The van der Waals surface area contributed by atoms with Crippen LogP contribution in [0.2, 0.25) is 0 Å². The summed E-state index contributed by atoms with van der Waals surface area (Å²) in [7, 11) is 1.80. The predicted octanol–water partition coefficient (Wildman–Crippen LogP) is 1.97. The third-order valence-corrected chi connectivity index (χ3v) is 2.87. The molecule has 2 rings (SSSR count). The van der Waals surface area contributed by atoms with Crippen LogP contribution in [-0.4, -0.2) is 21.1 Å². The molecule has 88 valence electrons. The molecule has 0 amide bonds. The largest absolute Gasteiger partial charge is 0.484 e. The van der Waals surface area contributed by atoms with Crippen molar-refractivity contribution in [3.05, 3.63) is 40.4 Å². The van der Waals surface area contributed by atoms with Gasteiger partial charge in [-0.3, -0.25) is 9.48 Å². The second kappa shape index (κ2) is 5.09. The van der Waals surface area contributed by atoms with Gasteiger partial charge in [-0.15, -0.1) is 0 Å². The number of ether oxygens (including phenoxy) is 1. The Balaban J connectivity index is 2.09. The summed E-state index contributed by atoms with van der Waals surface area (Å²) in [6.07, 6.45) is 2.26. The van der Waals surface area contributed by atoms with E-state index in [1.165, 1.54) is 6.33 Å². The molecule has 0 saturated heterocycles. The molecular weight excluding hydrogens is 286 g/mol. The van der Waals surface area contributed by atoms with Crippen molar-refractivity contribution in [2.24, 2.45) is 7.05 Å². The van der Waals surface area contributed by atoms with Crippen molar-refractivity contribution < 1.29 is 9.53 Å². The molecule has 0 aliphatic carbocycles. The molecule has 0 fully saturated rings. The molecule has 0 unspecified atom stereocenters. The summed E-state index contributed by atoms with van der Waals surface area (Å²) in [6.45, 7) is 0.329. The summed E-state index contributed by atoms with van der Waals surface area (Å²) in [5, 5.41) is 3.95. The highest BCUT2D eigenvalue weighted by molar-refractivity contribution is 9.10. The average molecular weight is 296 g/mol. The maximum atomic E-state index is 10.6. The van der Waals surface area contributed by atoms with Crippen LogP contribution in [0.3, 0.4) is 0 Å². The van der Waals surface area contributed by atoms with Gasteiger partial charge >= 0.3 is 0 Å². The molecule has 1 heterocycles. The first kappa shape index (κ1) is 11.8. The lowest BCUT2D eigenvalue weighted by atomic mass is 10.2. The molecule has 1 aromatic carbocycles. The topological polar surface area (TPSA) is 57.0 Å². The lowest BCUT2D eigenvalue weighted by Crippen LogP contribution is -2.04. The number of carbonyl (C=O) groups excluding carboxylic acids is 1. The van der Waals surface area contributed by atoms with Crippen LogP contribution in [-0.2, 0) is 13.7 Å². The number of benzene rings is 1. The summed E-state index contributed by atoms with van der Waals surface area (Å²) in [5.41, 5.74) is 0.600. The highest BCUT2D eigenvalue weighted by Crippen LogP contribution is 2.26. The maximum Gasteiger partial charge on any atom is 0.164 e. The Bertz CT molecular complexity index is 539. The Hall–Kier alpha value is -1.69. The molecule has 17 heavy (non-hydrogen) atoms. The van der Waals surface area contributed by atoms with E-state index in [9.17, 15) is 4.79 Å². The number of nitrogens with zero attached hydrogens (tertiary/aromatic N) is 3. The third-order valence-electron chi connectivity index (χ3n) is 2.25. The number of carbonyl (C=O) groups is 1. The van der Waals surface area contributed by atoms with E-state index in [2.05, 4.69) is 26.0 Å². The quantitative estimate of drug-likeness (QED) is 0.809. The Morgan fingerprint density at radius 2 is 2.35 bits per heavy atom. The fourth-order valence-electron chi connectivity index (χ4n) is 1.30. The van der Waals surface area contributed by atoms with Gasteiger partial charge in [-0.1, -0.05) is 0 Å². The Morgan fingerprint density at radius 1 is 1.53 bits per heavy atom. The standard InChI is InChI=1S/C11H10BrN3O2/c1-15-11(13-7-14-15)6-17-10-3-2-8(5-16)4-9(10)12/h2-5,7H,6H2,1H3. The molecule has 0 radical (unpaired) electrons. The molecular formula is C11H10BrN3O2. The van der Waals surface area contributed by atoms with E-state index in [1.807, 2.05) is 0 Å². The van der Waals surface area contributed by atoms with Crippen molar-refractivity contribution >= 4 is 22.2 Å². The van der Waals surface area contributed by atoms with E-state index < -0.39 is 0 Å². The van der Waals surface area contributed by atoms with Crippen molar-refractivity contribution in [3.8, 4) is 5.75 Å². The smallest absolute Gasteiger partial charge is 0.164 e. The summed E-state index contributed by atoms with van der Waals surface area (Å²) >= 11 is 3.34. The van der Waals surface area contributed by atoms with Gasteiger partial charge in [-0.25, -0.2) is 4.98 Å². The van der Waals surface area contributed by atoms with Crippen LogP contribution < -0.4 is 4.74 Å². The van der Waals surface area contributed by atoms with Gasteiger partial charge in [0, 0.05) is 12.6 Å². The number of hydrogen-bond donors (Lipinski definition) is 0. The van der Waals surface area contributed by atoms with Crippen molar-refractivity contribution in [2.75, 3.05) is 0 Å². The monoisotopic (exact) mass is 295 g/mol. The first-order valence-corrected chi connectivity index (χ1v) is 5.70. The van der Waals surface area contributed by atoms with Gasteiger partial charge in [0.25, 0.3) is 0 Å². The number of rotatable bonds is 4. The van der Waals surface area contributed by atoms with Gasteiger partial charge in [0.2, 0.25) is 0 Å². The molecule has 1 aromatic heterocycles. The summed E-state index contributed by atoms with van der Waals surface area (Å²) < 4.78 is 7.96. The lowest BCUT2D eigenvalue weighted by Gasteiger charge is -2.07. The summed E-state index contributed by atoms with van der Waals surface area (Å²) in [4.78, 5) is 14.6. The first-order chi connectivity index (χ1) is 8.20. The van der Waals surface area contributed by atoms with E-state index in [1.54, 1.807) is 29.9 Å². The lowest BCUT2D eigenvalue weighted by molar-refractivity contribution is 0.112. The van der Waals surface area contributed by atoms with E-state index >= 15 is 0 Å². The molecule has 0 saturated carbocycles. The molecule has 0 aliphatic rings.